The van der Waals surface area contributed by atoms with Gasteiger partial charge in [0.25, 0.3) is 0 Å². The van der Waals surface area contributed by atoms with E-state index in [2.05, 4.69) is 0 Å². The Hall–Kier alpha value is -0.930. The third-order valence-electron chi connectivity index (χ3n) is 2.20. The van der Waals surface area contributed by atoms with Crippen molar-refractivity contribution < 1.29 is 14.2 Å². The third-order valence-corrected chi connectivity index (χ3v) is 2.58. The molecule has 0 saturated carbocycles. The number of halogens is 1. The first-order chi connectivity index (χ1) is 6.77. The highest BCUT2D eigenvalue weighted by Crippen LogP contribution is 2.43. The molecule has 1 aliphatic rings. The van der Waals surface area contributed by atoms with E-state index in [9.17, 15) is 0 Å². The Labute approximate surface area is 87.5 Å². The number of hydrogen-bond acceptors (Lipinski definition) is 3. The van der Waals surface area contributed by atoms with Crippen molar-refractivity contribution in [1.82, 2.24) is 0 Å². The van der Waals surface area contributed by atoms with E-state index in [0.717, 1.165) is 12.2 Å². The van der Waals surface area contributed by atoms with Crippen LogP contribution in [-0.2, 0) is 4.74 Å². The predicted octanol–water partition coefficient (Wildman–Crippen LogP) is 2.43. The number of epoxide rings is 1. The van der Waals surface area contributed by atoms with Crippen molar-refractivity contribution in [2.24, 2.45) is 0 Å². The molecule has 0 radical (unpaired) electrons. The molecular formula is C10H11ClO3. The molecular weight excluding hydrogens is 204 g/mol. The van der Waals surface area contributed by atoms with Crippen molar-refractivity contribution in [3.05, 3.63) is 22.7 Å². The molecule has 2 rings (SSSR count). The number of benzene rings is 1. The molecule has 1 fully saturated rings. The molecule has 0 amide bonds. The standard InChI is InChI=1S/C10H11ClO3/c1-12-7-4-3-6(8-5-14-8)9(11)10(7)13-2/h3-4,8H,5H2,1-2H3/t8-/m1/s1. The average Bonchev–Trinajstić information content (AvgIpc) is 3.00. The van der Waals surface area contributed by atoms with Crippen molar-refractivity contribution in [2.75, 3.05) is 20.8 Å². The molecule has 3 nitrogen and oxygen atoms in total. The van der Waals surface area contributed by atoms with Crippen LogP contribution < -0.4 is 9.47 Å². The van der Waals surface area contributed by atoms with E-state index in [1.54, 1.807) is 14.2 Å². The highest BCUT2D eigenvalue weighted by Gasteiger charge is 2.29. The van der Waals surface area contributed by atoms with Gasteiger partial charge in [0.15, 0.2) is 11.5 Å². The quantitative estimate of drug-likeness (QED) is 0.725. The van der Waals surface area contributed by atoms with Crippen molar-refractivity contribution in [3.63, 3.8) is 0 Å². The molecule has 14 heavy (non-hydrogen) atoms. The van der Waals surface area contributed by atoms with Crippen LogP contribution in [0.4, 0.5) is 0 Å². The minimum Gasteiger partial charge on any atom is -0.493 e. The maximum Gasteiger partial charge on any atom is 0.179 e. The zero-order valence-electron chi connectivity index (χ0n) is 8.04. The summed E-state index contributed by atoms with van der Waals surface area (Å²) in [5.41, 5.74) is 0.962. The second-order valence-electron chi connectivity index (χ2n) is 3.03. The number of hydrogen-bond donors (Lipinski definition) is 0. The Morgan fingerprint density at radius 3 is 2.57 bits per heavy atom. The maximum atomic E-state index is 6.14. The minimum absolute atomic E-state index is 0.127. The summed E-state index contributed by atoms with van der Waals surface area (Å²) >= 11 is 6.14. The summed E-state index contributed by atoms with van der Waals surface area (Å²) in [6.45, 7) is 0.731. The molecule has 1 saturated heterocycles. The minimum atomic E-state index is 0.127. The molecule has 0 bridgehead atoms. The molecule has 0 unspecified atom stereocenters. The van der Waals surface area contributed by atoms with E-state index in [1.807, 2.05) is 12.1 Å². The van der Waals surface area contributed by atoms with Gasteiger partial charge in [-0.25, -0.2) is 0 Å². The molecule has 0 aromatic heterocycles. The lowest BCUT2D eigenvalue weighted by molar-refractivity contribution is 0.353. The van der Waals surface area contributed by atoms with Crippen molar-refractivity contribution >= 4 is 11.6 Å². The fraction of sp³-hybridized carbons (Fsp3) is 0.400. The molecule has 1 heterocycles. The maximum absolute atomic E-state index is 6.14. The van der Waals surface area contributed by atoms with Gasteiger partial charge < -0.3 is 14.2 Å². The van der Waals surface area contributed by atoms with Gasteiger partial charge in [-0.2, -0.15) is 0 Å². The van der Waals surface area contributed by atoms with Crippen molar-refractivity contribution in [2.45, 2.75) is 6.10 Å². The van der Waals surface area contributed by atoms with Gasteiger partial charge in [-0.3, -0.25) is 0 Å². The van der Waals surface area contributed by atoms with Gasteiger partial charge in [0.2, 0.25) is 0 Å². The summed E-state index contributed by atoms with van der Waals surface area (Å²) in [6.07, 6.45) is 0.127. The largest absolute Gasteiger partial charge is 0.493 e. The summed E-state index contributed by atoms with van der Waals surface area (Å²) in [4.78, 5) is 0. The summed E-state index contributed by atoms with van der Waals surface area (Å²) in [5.74, 6) is 1.21. The first-order valence-electron chi connectivity index (χ1n) is 4.30. The van der Waals surface area contributed by atoms with E-state index in [0.29, 0.717) is 16.5 Å². The number of rotatable bonds is 3. The smallest absolute Gasteiger partial charge is 0.179 e. The Kier molecular flexibility index (Phi) is 2.52. The van der Waals surface area contributed by atoms with Gasteiger partial charge in [-0.1, -0.05) is 17.7 Å². The Bertz CT molecular complexity index is 347. The molecule has 0 N–H and O–H groups in total. The lowest BCUT2D eigenvalue weighted by Gasteiger charge is -2.11. The Morgan fingerprint density at radius 1 is 1.36 bits per heavy atom. The Balaban J connectivity index is 2.45. The van der Waals surface area contributed by atoms with Gasteiger partial charge in [0.05, 0.1) is 25.8 Å². The Morgan fingerprint density at radius 2 is 2.07 bits per heavy atom. The van der Waals surface area contributed by atoms with E-state index in [4.69, 9.17) is 25.8 Å². The SMILES string of the molecule is COc1ccc([C@H]2CO2)c(Cl)c1OC. The lowest BCUT2D eigenvalue weighted by atomic mass is 10.1. The summed E-state index contributed by atoms with van der Waals surface area (Å²) < 4.78 is 15.5. The number of methoxy groups -OCH3 is 2. The topological polar surface area (TPSA) is 31.0 Å². The van der Waals surface area contributed by atoms with Crippen LogP contribution in [0.5, 0.6) is 11.5 Å². The van der Waals surface area contributed by atoms with Crippen molar-refractivity contribution in [1.29, 1.82) is 0 Å². The molecule has 0 spiro atoms. The first-order valence-corrected chi connectivity index (χ1v) is 4.67. The normalized spacial score (nSPS) is 19.2. The van der Waals surface area contributed by atoms with Crippen LogP contribution >= 0.6 is 11.6 Å². The monoisotopic (exact) mass is 214 g/mol. The zero-order valence-corrected chi connectivity index (χ0v) is 8.80. The second kappa shape index (κ2) is 3.67. The molecule has 0 aliphatic carbocycles. The lowest BCUT2D eigenvalue weighted by Crippen LogP contribution is -1.94. The van der Waals surface area contributed by atoms with E-state index in [1.165, 1.54) is 0 Å². The molecule has 4 heteroatoms. The summed E-state index contributed by atoms with van der Waals surface area (Å²) in [5, 5.41) is 0.578. The van der Waals surface area contributed by atoms with Crippen LogP contribution in [0.3, 0.4) is 0 Å². The first kappa shape index (κ1) is 9.62. The average molecular weight is 215 g/mol. The highest BCUT2D eigenvalue weighted by molar-refractivity contribution is 6.33. The fourth-order valence-electron chi connectivity index (χ4n) is 1.38. The summed E-state index contributed by atoms with van der Waals surface area (Å²) in [6, 6.07) is 3.74. The van der Waals surface area contributed by atoms with Crippen LogP contribution in [0.1, 0.15) is 11.7 Å². The van der Waals surface area contributed by atoms with Gasteiger partial charge in [-0.05, 0) is 6.07 Å². The van der Waals surface area contributed by atoms with Gasteiger partial charge >= 0.3 is 0 Å². The second-order valence-corrected chi connectivity index (χ2v) is 3.40. The van der Waals surface area contributed by atoms with Gasteiger partial charge in [0.1, 0.15) is 6.10 Å². The predicted molar refractivity (Wildman–Crippen MR) is 53.2 cm³/mol. The molecule has 1 atom stereocenters. The third kappa shape index (κ3) is 1.53. The highest BCUT2D eigenvalue weighted by atomic mass is 35.5. The van der Waals surface area contributed by atoms with Crippen LogP contribution in [0.2, 0.25) is 5.02 Å². The fourth-order valence-corrected chi connectivity index (χ4v) is 1.74. The van der Waals surface area contributed by atoms with Crippen LogP contribution in [-0.4, -0.2) is 20.8 Å². The molecule has 1 aliphatic heterocycles. The van der Waals surface area contributed by atoms with Crippen LogP contribution in [0.25, 0.3) is 0 Å². The van der Waals surface area contributed by atoms with E-state index in [-0.39, 0.29) is 6.10 Å². The summed E-state index contributed by atoms with van der Waals surface area (Å²) in [7, 11) is 3.16. The van der Waals surface area contributed by atoms with Gasteiger partial charge in [0, 0.05) is 5.56 Å². The van der Waals surface area contributed by atoms with E-state index >= 15 is 0 Å². The molecule has 1 aromatic rings. The zero-order chi connectivity index (χ0) is 10.1. The molecule has 76 valence electrons. The van der Waals surface area contributed by atoms with Crippen molar-refractivity contribution in [3.8, 4) is 11.5 Å². The molecule has 1 aromatic carbocycles. The van der Waals surface area contributed by atoms with Crippen LogP contribution in [0.15, 0.2) is 12.1 Å². The number of ether oxygens (including phenoxy) is 3. The van der Waals surface area contributed by atoms with Crippen LogP contribution in [0, 0.1) is 0 Å². The van der Waals surface area contributed by atoms with E-state index < -0.39 is 0 Å². The van der Waals surface area contributed by atoms with Gasteiger partial charge in [-0.15, -0.1) is 0 Å².